The molecule has 1 aliphatic rings. The Morgan fingerprint density at radius 3 is 2.61 bits per heavy atom. The van der Waals surface area contributed by atoms with Crippen LogP contribution >= 0.6 is 0 Å². The number of hydrogen-bond acceptors (Lipinski definition) is 8. The Hall–Kier alpha value is -4.70. The van der Waals surface area contributed by atoms with Gasteiger partial charge in [-0.25, -0.2) is 4.68 Å². The summed E-state index contributed by atoms with van der Waals surface area (Å²) in [7, 11) is 1.65. The summed E-state index contributed by atoms with van der Waals surface area (Å²) in [6.45, 7) is 5.84. The molecular formula is C31H32N6O4. The first kappa shape index (κ1) is 26.5. The molecule has 0 saturated heterocycles. The van der Waals surface area contributed by atoms with Crippen LogP contribution in [-0.2, 0) is 19.6 Å². The Balaban J connectivity index is 1.36. The van der Waals surface area contributed by atoms with Gasteiger partial charge in [-0.3, -0.25) is 9.69 Å². The van der Waals surface area contributed by atoms with Gasteiger partial charge in [0, 0.05) is 24.2 Å². The highest BCUT2D eigenvalue weighted by molar-refractivity contribution is 5.79. The van der Waals surface area contributed by atoms with Crippen molar-refractivity contribution in [2.75, 3.05) is 13.9 Å². The summed E-state index contributed by atoms with van der Waals surface area (Å²) in [5, 5.41) is 13.8. The second kappa shape index (κ2) is 11.4. The van der Waals surface area contributed by atoms with E-state index in [-0.39, 0.29) is 18.4 Å². The number of nitrogens with zero attached hydrogens (tertiary/aromatic N) is 5. The molecule has 1 atom stereocenters. The summed E-state index contributed by atoms with van der Waals surface area (Å²) in [6.07, 6.45) is 0.734. The summed E-state index contributed by atoms with van der Waals surface area (Å²) in [5.41, 5.74) is 4.62. The van der Waals surface area contributed by atoms with Gasteiger partial charge >= 0.3 is 0 Å². The summed E-state index contributed by atoms with van der Waals surface area (Å²) >= 11 is 0. The average molecular weight is 553 g/mol. The van der Waals surface area contributed by atoms with Crippen LogP contribution in [0.5, 0.6) is 17.2 Å². The number of hydrogen-bond donors (Lipinski definition) is 1. The maximum atomic E-state index is 13.2. The van der Waals surface area contributed by atoms with E-state index in [9.17, 15) is 4.79 Å². The molecule has 3 aromatic carbocycles. The van der Waals surface area contributed by atoms with E-state index in [1.165, 1.54) is 0 Å². The average Bonchev–Trinajstić information content (AvgIpc) is 3.64. The van der Waals surface area contributed by atoms with Crippen molar-refractivity contribution in [3.05, 3.63) is 105 Å². The third-order valence-corrected chi connectivity index (χ3v) is 7.45. The van der Waals surface area contributed by atoms with E-state index in [1.807, 2.05) is 72.3 Å². The highest BCUT2D eigenvalue weighted by Gasteiger charge is 2.27. The van der Waals surface area contributed by atoms with Gasteiger partial charge in [0.1, 0.15) is 5.75 Å². The van der Waals surface area contributed by atoms with Crippen LogP contribution in [-0.4, -0.2) is 44.0 Å². The predicted molar refractivity (Wildman–Crippen MR) is 154 cm³/mol. The quantitative estimate of drug-likeness (QED) is 0.264. The smallest absolute Gasteiger partial charge is 0.252 e. The SMILES string of the molecule is CC[C@@H](c1nnnn1Cc1ccc(OC)cc1)N(Cc1ccc2c(c1)OCO2)Cc1cc2cc(C)ccc2[nH]c1=O. The third-order valence-electron chi connectivity index (χ3n) is 7.45. The van der Waals surface area contributed by atoms with E-state index >= 15 is 0 Å². The Labute approximate surface area is 237 Å². The van der Waals surface area contributed by atoms with Crippen molar-refractivity contribution >= 4 is 10.9 Å². The number of aromatic nitrogens is 5. The van der Waals surface area contributed by atoms with Crippen molar-refractivity contribution in [2.45, 2.75) is 45.9 Å². The van der Waals surface area contributed by atoms with E-state index < -0.39 is 0 Å². The molecule has 3 heterocycles. The predicted octanol–water partition coefficient (Wildman–Crippen LogP) is 4.76. The maximum absolute atomic E-state index is 13.2. The first-order chi connectivity index (χ1) is 20.0. The Bertz CT molecular complexity index is 1730. The fourth-order valence-electron chi connectivity index (χ4n) is 5.33. The first-order valence-electron chi connectivity index (χ1n) is 13.6. The molecule has 41 heavy (non-hydrogen) atoms. The largest absolute Gasteiger partial charge is 0.497 e. The number of methoxy groups -OCH3 is 1. The molecule has 2 aromatic heterocycles. The lowest BCUT2D eigenvalue weighted by Crippen LogP contribution is -2.32. The van der Waals surface area contributed by atoms with Gasteiger partial charge in [0.05, 0.1) is 19.7 Å². The Morgan fingerprint density at radius 2 is 1.80 bits per heavy atom. The molecule has 10 heteroatoms. The monoisotopic (exact) mass is 552 g/mol. The molecule has 0 amide bonds. The molecule has 0 spiro atoms. The maximum Gasteiger partial charge on any atom is 0.252 e. The highest BCUT2D eigenvalue weighted by atomic mass is 16.7. The van der Waals surface area contributed by atoms with Gasteiger partial charge in [-0.15, -0.1) is 5.10 Å². The number of fused-ring (bicyclic) bond motifs is 2. The number of aryl methyl sites for hydroxylation is 1. The number of pyridine rings is 1. The van der Waals surface area contributed by atoms with Crippen LogP contribution in [0.1, 0.15) is 47.5 Å². The normalized spacial score (nSPS) is 13.2. The van der Waals surface area contributed by atoms with Crippen LogP contribution in [0.2, 0.25) is 0 Å². The fraction of sp³-hybridized carbons (Fsp3) is 0.290. The topological polar surface area (TPSA) is 107 Å². The molecule has 6 rings (SSSR count). The zero-order valence-corrected chi connectivity index (χ0v) is 23.3. The van der Waals surface area contributed by atoms with Crippen LogP contribution in [0.25, 0.3) is 10.9 Å². The number of aromatic amines is 1. The summed E-state index contributed by atoms with van der Waals surface area (Å²) in [4.78, 5) is 18.6. The minimum Gasteiger partial charge on any atom is -0.497 e. The van der Waals surface area contributed by atoms with Crippen LogP contribution in [0.4, 0.5) is 0 Å². The second-order valence-corrected chi connectivity index (χ2v) is 10.3. The number of nitrogens with one attached hydrogen (secondary N) is 1. The molecule has 5 aromatic rings. The summed E-state index contributed by atoms with van der Waals surface area (Å²) < 4.78 is 18.3. The number of ether oxygens (including phenoxy) is 3. The van der Waals surface area contributed by atoms with Gasteiger partial charge < -0.3 is 19.2 Å². The van der Waals surface area contributed by atoms with Crippen molar-refractivity contribution in [2.24, 2.45) is 0 Å². The molecule has 0 saturated carbocycles. The number of rotatable bonds is 10. The van der Waals surface area contributed by atoms with Crippen LogP contribution in [0.15, 0.2) is 71.5 Å². The van der Waals surface area contributed by atoms with Gasteiger partial charge in [-0.05, 0) is 82.7 Å². The summed E-state index contributed by atoms with van der Waals surface area (Å²) in [6, 6.07) is 21.7. The van der Waals surface area contributed by atoms with E-state index in [1.54, 1.807) is 7.11 Å². The molecule has 0 radical (unpaired) electrons. The highest BCUT2D eigenvalue weighted by Crippen LogP contribution is 2.34. The van der Waals surface area contributed by atoms with Crippen molar-refractivity contribution < 1.29 is 14.2 Å². The molecule has 0 aliphatic carbocycles. The third kappa shape index (κ3) is 5.64. The molecule has 1 N–H and O–H groups in total. The summed E-state index contributed by atoms with van der Waals surface area (Å²) in [5.74, 6) is 2.98. The zero-order valence-electron chi connectivity index (χ0n) is 23.3. The van der Waals surface area contributed by atoms with Gasteiger partial charge in [-0.2, -0.15) is 0 Å². The number of benzene rings is 3. The lowest BCUT2D eigenvalue weighted by atomic mass is 10.1. The van der Waals surface area contributed by atoms with Gasteiger partial charge in [-0.1, -0.05) is 36.8 Å². The van der Waals surface area contributed by atoms with Crippen LogP contribution in [0, 0.1) is 6.92 Å². The Morgan fingerprint density at radius 1 is 1.00 bits per heavy atom. The number of H-pyrrole nitrogens is 1. The van der Waals surface area contributed by atoms with Crippen molar-refractivity contribution in [3.8, 4) is 17.2 Å². The van der Waals surface area contributed by atoms with E-state index in [0.717, 1.165) is 57.1 Å². The van der Waals surface area contributed by atoms with Gasteiger partial charge in [0.15, 0.2) is 17.3 Å². The van der Waals surface area contributed by atoms with Crippen LogP contribution < -0.4 is 19.8 Å². The minimum atomic E-state index is -0.165. The molecule has 0 fully saturated rings. The van der Waals surface area contributed by atoms with E-state index in [2.05, 4.69) is 38.4 Å². The number of tetrazole rings is 1. The molecule has 1 aliphatic heterocycles. The second-order valence-electron chi connectivity index (χ2n) is 10.3. The van der Waals surface area contributed by atoms with Gasteiger partial charge in [0.2, 0.25) is 6.79 Å². The van der Waals surface area contributed by atoms with Gasteiger partial charge in [0.25, 0.3) is 5.56 Å². The minimum absolute atomic E-state index is 0.107. The molecule has 10 nitrogen and oxygen atoms in total. The van der Waals surface area contributed by atoms with Crippen molar-refractivity contribution in [1.29, 1.82) is 0 Å². The molecule has 0 bridgehead atoms. The zero-order chi connectivity index (χ0) is 28.3. The van der Waals surface area contributed by atoms with Crippen molar-refractivity contribution in [3.63, 3.8) is 0 Å². The van der Waals surface area contributed by atoms with E-state index in [4.69, 9.17) is 14.2 Å². The molecule has 0 unspecified atom stereocenters. The fourth-order valence-corrected chi connectivity index (χ4v) is 5.33. The molecular weight excluding hydrogens is 520 g/mol. The Kier molecular flexibility index (Phi) is 7.39. The first-order valence-corrected chi connectivity index (χ1v) is 13.6. The van der Waals surface area contributed by atoms with Crippen molar-refractivity contribution in [1.82, 2.24) is 30.1 Å². The molecule has 210 valence electrons. The van der Waals surface area contributed by atoms with E-state index in [0.29, 0.717) is 25.2 Å². The van der Waals surface area contributed by atoms with Crippen LogP contribution in [0.3, 0.4) is 0 Å². The lowest BCUT2D eigenvalue weighted by molar-refractivity contribution is 0.161. The lowest BCUT2D eigenvalue weighted by Gasteiger charge is -2.30. The standard InChI is InChI=1S/C31H32N6O4/c1-4-27(30-33-34-35-37(30)17-21-6-9-25(39-3)10-7-21)36(16-22-8-12-28-29(14-22)41-19-40-28)18-24-15-23-13-20(2)5-11-26(23)32-31(24)38/h5-15,27H,4,16-19H2,1-3H3,(H,32,38)/t27-/m0/s1.